The number of rotatable bonds is 5. The molecule has 1 unspecified atom stereocenters. The van der Waals surface area contributed by atoms with Crippen molar-refractivity contribution in [1.29, 1.82) is 0 Å². The smallest absolute Gasteiger partial charge is 0.407 e. The Morgan fingerprint density at radius 1 is 1.17 bits per heavy atom. The number of hydrogen-bond donors (Lipinski definition) is 2. The van der Waals surface area contributed by atoms with E-state index < -0.39 is 11.1 Å². The molecule has 2 fully saturated rings. The average Bonchev–Trinajstić information content (AvgIpc) is 3.23. The summed E-state index contributed by atoms with van der Waals surface area (Å²) in [6.45, 7) is 0.365. The fourth-order valence-corrected chi connectivity index (χ4v) is 3.81. The molecule has 2 aliphatic rings. The van der Waals surface area contributed by atoms with Gasteiger partial charge in [-0.25, -0.2) is 4.79 Å². The molecular formula is C20H15ClN2O5S. The molecule has 9 heteroatoms. The molecule has 0 aromatic heterocycles. The van der Waals surface area contributed by atoms with E-state index in [2.05, 4.69) is 10.6 Å². The Labute approximate surface area is 175 Å². The molecule has 148 valence electrons. The second-order valence-corrected chi connectivity index (χ2v) is 7.85. The van der Waals surface area contributed by atoms with Crippen molar-refractivity contribution in [3.63, 3.8) is 0 Å². The predicted octanol–water partition coefficient (Wildman–Crippen LogP) is 4.11. The molecule has 3 amide bonds. The number of amides is 3. The Morgan fingerprint density at radius 3 is 2.59 bits per heavy atom. The SMILES string of the molecule is O=C1NC(Cc2ccc(Oc3ccc(/C=C4/SC(=O)NC4=O)cc3Cl)cc2)CO1. The highest BCUT2D eigenvalue weighted by Crippen LogP contribution is 2.32. The Balaban J connectivity index is 1.41. The van der Waals surface area contributed by atoms with Crippen LogP contribution in [0.15, 0.2) is 47.4 Å². The minimum absolute atomic E-state index is 0.0271. The van der Waals surface area contributed by atoms with Crippen LogP contribution in [0.2, 0.25) is 5.02 Å². The molecule has 2 N–H and O–H groups in total. The molecule has 1 atom stereocenters. The third kappa shape index (κ3) is 4.72. The summed E-state index contributed by atoms with van der Waals surface area (Å²) >= 11 is 7.16. The number of thioether (sulfide) groups is 1. The van der Waals surface area contributed by atoms with E-state index in [4.69, 9.17) is 21.1 Å². The van der Waals surface area contributed by atoms with Crippen molar-refractivity contribution in [2.24, 2.45) is 0 Å². The summed E-state index contributed by atoms with van der Waals surface area (Å²) in [4.78, 5) is 34.3. The molecule has 2 aromatic rings. The molecule has 0 saturated carbocycles. The Morgan fingerprint density at radius 2 is 1.97 bits per heavy atom. The number of imide groups is 1. The fourth-order valence-electron chi connectivity index (χ4n) is 2.90. The molecule has 2 aliphatic heterocycles. The number of carbonyl (C=O) groups excluding carboxylic acids is 3. The van der Waals surface area contributed by atoms with Gasteiger partial charge in [-0.2, -0.15) is 0 Å². The number of carbonyl (C=O) groups is 3. The third-order valence-electron chi connectivity index (χ3n) is 4.27. The minimum atomic E-state index is -0.416. The average molecular weight is 431 g/mol. The van der Waals surface area contributed by atoms with Gasteiger partial charge in [-0.05, 0) is 59.7 Å². The summed E-state index contributed by atoms with van der Waals surface area (Å²) < 4.78 is 10.7. The van der Waals surface area contributed by atoms with E-state index in [-0.39, 0.29) is 12.1 Å². The summed E-state index contributed by atoms with van der Waals surface area (Å²) in [7, 11) is 0. The van der Waals surface area contributed by atoms with Crippen molar-refractivity contribution in [3.8, 4) is 11.5 Å². The number of hydrogen-bond acceptors (Lipinski definition) is 6. The quantitative estimate of drug-likeness (QED) is 0.693. The molecule has 2 aromatic carbocycles. The van der Waals surface area contributed by atoms with Crippen molar-refractivity contribution in [2.45, 2.75) is 12.5 Å². The number of nitrogens with one attached hydrogen (secondary N) is 2. The molecule has 7 nitrogen and oxygen atoms in total. The highest BCUT2D eigenvalue weighted by Gasteiger charge is 2.25. The van der Waals surface area contributed by atoms with E-state index in [1.54, 1.807) is 24.3 Å². The first-order valence-electron chi connectivity index (χ1n) is 8.71. The maximum atomic E-state index is 11.6. The van der Waals surface area contributed by atoms with E-state index >= 15 is 0 Å². The Bertz CT molecular complexity index is 1020. The maximum Gasteiger partial charge on any atom is 0.407 e. The molecule has 0 radical (unpaired) electrons. The number of alkyl carbamates (subject to hydrolysis) is 1. The van der Waals surface area contributed by atoms with Gasteiger partial charge in [-0.1, -0.05) is 29.8 Å². The Kier molecular flexibility index (Phi) is 5.46. The summed E-state index contributed by atoms with van der Waals surface area (Å²) in [5, 5.41) is 4.94. The number of ether oxygens (including phenoxy) is 2. The molecule has 0 aliphatic carbocycles. The maximum absolute atomic E-state index is 11.6. The highest BCUT2D eigenvalue weighted by atomic mass is 35.5. The van der Waals surface area contributed by atoms with Crippen LogP contribution < -0.4 is 15.4 Å². The van der Waals surface area contributed by atoms with Gasteiger partial charge in [0.25, 0.3) is 11.1 Å². The van der Waals surface area contributed by atoms with Crippen molar-refractivity contribution >= 4 is 46.7 Å². The molecule has 4 rings (SSSR count). The van der Waals surface area contributed by atoms with Gasteiger partial charge in [-0.3, -0.25) is 14.9 Å². The fraction of sp³-hybridized carbons (Fsp3) is 0.150. The largest absolute Gasteiger partial charge is 0.456 e. The zero-order valence-corrected chi connectivity index (χ0v) is 16.5. The van der Waals surface area contributed by atoms with Gasteiger partial charge in [0.2, 0.25) is 0 Å². The molecule has 2 heterocycles. The lowest BCUT2D eigenvalue weighted by molar-refractivity contribution is -0.115. The van der Waals surface area contributed by atoms with Gasteiger partial charge in [-0.15, -0.1) is 0 Å². The van der Waals surface area contributed by atoms with Gasteiger partial charge >= 0.3 is 6.09 Å². The number of benzene rings is 2. The van der Waals surface area contributed by atoms with Crippen LogP contribution in [-0.2, 0) is 16.0 Å². The van der Waals surface area contributed by atoms with Gasteiger partial charge < -0.3 is 14.8 Å². The van der Waals surface area contributed by atoms with E-state index in [1.807, 2.05) is 24.3 Å². The lowest BCUT2D eigenvalue weighted by atomic mass is 10.1. The van der Waals surface area contributed by atoms with Crippen molar-refractivity contribution in [3.05, 3.63) is 63.5 Å². The minimum Gasteiger partial charge on any atom is -0.456 e. The van der Waals surface area contributed by atoms with Crippen LogP contribution in [0.5, 0.6) is 11.5 Å². The molecule has 0 spiro atoms. The third-order valence-corrected chi connectivity index (χ3v) is 5.37. The van der Waals surface area contributed by atoms with Crippen LogP contribution in [0, 0.1) is 0 Å². The first-order chi connectivity index (χ1) is 14.0. The van der Waals surface area contributed by atoms with Crippen molar-refractivity contribution < 1.29 is 23.9 Å². The van der Waals surface area contributed by atoms with Gasteiger partial charge in [0.05, 0.1) is 16.0 Å². The standard InChI is InChI=1S/C20H15ClN2O5S/c21-15-8-12(9-17-18(24)23-20(26)29-17)3-6-16(15)28-14-4-1-11(2-5-14)7-13-10-27-19(25)22-13/h1-6,8-9,13H,7,10H2,(H,22,25)(H,23,24,26)/b17-9+. The second-order valence-electron chi connectivity index (χ2n) is 6.43. The predicted molar refractivity (Wildman–Crippen MR) is 109 cm³/mol. The van der Waals surface area contributed by atoms with Crippen LogP contribution in [0.3, 0.4) is 0 Å². The van der Waals surface area contributed by atoms with Crippen molar-refractivity contribution in [1.82, 2.24) is 10.6 Å². The van der Waals surface area contributed by atoms with E-state index in [9.17, 15) is 14.4 Å². The van der Waals surface area contributed by atoms with Gasteiger partial charge in [0, 0.05) is 0 Å². The van der Waals surface area contributed by atoms with E-state index in [0.717, 1.165) is 17.3 Å². The van der Waals surface area contributed by atoms with Crippen LogP contribution in [0.25, 0.3) is 6.08 Å². The zero-order valence-electron chi connectivity index (χ0n) is 14.9. The lowest BCUT2D eigenvalue weighted by Gasteiger charge is -2.10. The molecular weight excluding hydrogens is 416 g/mol. The van der Waals surface area contributed by atoms with Crippen LogP contribution in [0.4, 0.5) is 9.59 Å². The summed E-state index contributed by atoms with van der Waals surface area (Å²) in [5.41, 5.74) is 1.73. The monoisotopic (exact) mass is 430 g/mol. The number of halogens is 1. The van der Waals surface area contributed by atoms with Crippen LogP contribution in [0.1, 0.15) is 11.1 Å². The Hall–Kier alpha value is -2.97. The van der Waals surface area contributed by atoms with Crippen molar-refractivity contribution in [2.75, 3.05) is 6.61 Å². The second kappa shape index (κ2) is 8.18. The summed E-state index contributed by atoms with van der Waals surface area (Å²) in [6, 6.07) is 12.6. The lowest BCUT2D eigenvalue weighted by Crippen LogP contribution is -2.28. The summed E-state index contributed by atoms with van der Waals surface area (Å²) in [6.07, 6.45) is 1.88. The molecule has 2 saturated heterocycles. The first-order valence-corrected chi connectivity index (χ1v) is 9.90. The van der Waals surface area contributed by atoms with Gasteiger partial charge in [0.15, 0.2) is 0 Å². The van der Waals surface area contributed by atoms with Gasteiger partial charge in [0.1, 0.15) is 18.1 Å². The topological polar surface area (TPSA) is 93.7 Å². The van der Waals surface area contributed by atoms with E-state index in [0.29, 0.717) is 40.0 Å². The molecule has 0 bridgehead atoms. The van der Waals surface area contributed by atoms with E-state index in [1.165, 1.54) is 0 Å². The highest BCUT2D eigenvalue weighted by molar-refractivity contribution is 8.18. The van der Waals surface area contributed by atoms with Crippen LogP contribution in [-0.4, -0.2) is 29.9 Å². The first kappa shape index (κ1) is 19.4. The summed E-state index contributed by atoms with van der Waals surface area (Å²) in [5.74, 6) is 0.669. The zero-order chi connectivity index (χ0) is 20.4. The molecule has 29 heavy (non-hydrogen) atoms. The normalized spacial score (nSPS) is 19.8. The number of cyclic esters (lactones) is 1. The van der Waals surface area contributed by atoms with Crippen LogP contribution >= 0.6 is 23.4 Å².